The van der Waals surface area contributed by atoms with Gasteiger partial charge in [-0.25, -0.2) is 14.3 Å². The Morgan fingerprint density at radius 2 is 2.24 bits per heavy atom. The van der Waals surface area contributed by atoms with Crippen molar-refractivity contribution in [3.05, 3.63) is 34.4 Å². The van der Waals surface area contributed by atoms with E-state index in [4.69, 9.17) is 0 Å². The summed E-state index contributed by atoms with van der Waals surface area (Å²) < 4.78 is 1.37. The Kier molecular flexibility index (Phi) is 2.81. The number of hydrogen-bond acceptors (Lipinski definition) is 4. The number of nitrogens with zero attached hydrogens (tertiary/aromatic N) is 4. The number of nitrogens with one attached hydrogen (secondary N) is 1. The van der Waals surface area contributed by atoms with Gasteiger partial charge in [-0.3, -0.25) is 9.69 Å². The Hall–Kier alpha value is -2.15. The molecule has 0 bridgehead atoms. The van der Waals surface area contributed by atoms with Gasteiger partial charge >= 0.3 is 5.69 Å². The molecule has 7 heteroatoms. The molecule has 0 aromatic carbocycles. The van der Waals surface area contributed by atoms with Gasteiger partial charge in [-0.2, -0.15) is 5.10 Å². The fourth-order valence-corrected chi connectivity index (χ4v) is 3.45. The highest BCUT2D eigenvalue weighted by Crippen LogP contribution is 2.23. The largest absolute Gasteiger partial charge is 0.347 e. The molecule has 0 saturated carbocycles. The molecule has 4 heterocycles. The van der Waals surface area contributed by atoms with Crippen molar-refractivity contribution in [1.82, 2.24) is 24.4 Å². The minimum Gasteiger partial charge on any atom is -0.336 e. The third kappa shape index (κ3) is 1.96. The van der Waals surface area contributed by atoms with Gasteiger partial charge in [0.25, 0.3) is 5.91 Å². The fourth-order valence-electron chi connectivity index (χ4n) is 3.45. The van der Waals surface area contributed by atoms with E-state index in [1.54, 1.807) is 18.3 Å². The lowest BCUT2D eigenvalue weighted by Gasteiger charge is -2.37. The van der Waals surface area contributed by atoms with Crippen molar-refractivity contribution in [3.63, 3.8) is 0 Å². The van der Waals surface area contributed by atoms with Gasteiger partial charge in [0, 0.05) is 31.9 Å². The monoisotopic (exact) mass is 287 g/mol. The van der Waals surface area contributed by atoms with Crippen molar-refractivity contribution in [1.29, 1.82) is 0 Å². The van der Waals surface area contributed by atoms with Crippen LogP contribution in [0.1, 0.15) is 23.2 Å². The zero-order valence-corrected chi connectivity index (χ0v) is 11.7. The number of piperazine rings is 1. The molecular weight excluding hydrogens is 270 g/mol. The molecule has 1 amide bonds. The van der Waals surface area contributed by atoms with Crippen molar-refractivity contribution in [2.75, 3.05) is 26.2 Å². The minimum atomic E-state index is -0.319. The van der Waals surface area contributed by atoms with Crippen molar-refractivity contribution in [3.8, 4) is 0 Å². The predicted octanol–water partition coefficient (Wildman–Crippen LogP) is -0.0572. The second-order valence-corrected chi connectivity index (χ2v) is 5.73. The maximum atomic E-state index is 12.7. The third-order valence-corrected chi connectivity index (χ3v) is 4.55. The number of amides is 1. The topological polar surface area (TPSA) is 73.7 Å². The molecule has 4 rings (SSSR count). The smallest absolute Gasteiger partial charge is 0.336 e. The van der Waals surface area contributed by atoms with E-state index in [1.807, 2.05) is 4.90 Å². The summed E-state index contributed by atoms with van der Waals surface area (Å²) in [5.41, 5.74) is 0.573. The number of H-pyrrole nitrogens is 1. The van der Waals surface area contributed by atoms with E-state index in [0.29, 0.717) is 17.3 Å². The lowest BCUT2D eigenvalue weighted by molar-refractivity contribution is 0.0572. The van der Waals surface area contributed by atoms with Crippen molar-refractivity contribution in [2.45, 2.75) is 18.9 Å². The number of hydrogen-bond donors (Lipinski definition) is 1. The van der Waals surface area contributed by atoms with Crippen molar-refractivity contribution >= 4 is 11.6 Å². The quantitative estimate of drug-likeness (QED) is 0.797. The maximum absolute atomic E-state index is 12.7. The molecule has 2 saturated heterocycles. The molecule has 2 aromatic rings. The Balaban J connectivity index is 1.66. The van der Waals surface area contributed by atoms with Crippen LogP contribution < -0.4 is 5.69 Å². The number of carbonyl (C=O) groups excluding carboxylic acids is 1. The summed E-state index contributed by atoms with van der Waals surface area (Å²) in [4.78, 5) is 28.7. The molecule has 21 heavy (non-hydrogen) atoms. The van der Waals surface area contributed by atoms with Crippen LogP contribution in [0.25, 0.3) is 5.65 Å². The molecule has 2 aliphatic rings. The highest BCUT2D eigenvalue weighted by molar-refractivity contribution is 5.99. The van der Waals surface area contributed by atoms with Gasteiger partial charge in [0.05, 0.1) is 5.56 Å². The average molecular weight is 287 g/mol. The second-order valence-electron chi connectivity index (χ2n) is 5.73. The van der Waals surface area contributed by atoms with E-state index < -0.39 is 0 Å². The minimum absolute atomic E-state index is 0.0360. The molecule has 2 fully saturated rings. The highest BCUT2D eigenvalue weighted by Gasteiger charge is 2.33. The van der Waals surface area contributed by atoms with Crippen LogP contribution in [0.3, 0.4) is 0 Å². The molecule has 0 spiro atoms. The third-order valence-electron chi connectivity index (χ3n) is 4.55. The SMILES string of the molecule is O=C(c1cccn2c(=O)[nH]nc12)N1CCN2CCCC2C1. The molecule has 110 valence electrons. The van der Waals surface area contributed by atoms with Crippen molar-refractivity contribution < 1.29 is 4.79 Å². The zero-order valence-electron chi connectivity index (χ0n) is 11.7. The molecule has 0 radical (unpaired) electrons. The Morgan fingerprint density at radius 3 is 3.14 bits per heavy atom. The molecule has 1 N–H and O–H groups in total. The number of rotatable bonds is 1. The van der Waals surface area contributed by atoms with Gasteiger partial charge in [0.15, 0.2) is 5.65 Å². The van der Waals surface area contributed by atoms with Crippen molar-refractivity contribution in [2.24, 2.45) is 0 Å². The summed E-state index contributed by atoms with van der Waals surface area (Å²) >= 11 is 0. The summed E-state index contributed by atoms with van der Waals surface area (Å²) in [6, 6.07) is 3.94. The molecule has 0 aliphatic carbocycles. The van der Waals surface area contributed by atoms with E-state index >= 15 is 0 Å². The van der Waals surface area contributed by atoms with Gasteiger partial charge in [-0.05, 0) is 31.5 Å². The Bertz CT molecular complexity index is 749. The van der Waals surface area contributed by atoms with Crippen LogP contribution in [0, 0.1) is 0 Å². The van der Waals surface area contributed by atoms with Gasteiger partial charge in [-0.1, -0.05) is 0 Å². The summed E-state index contributed by atoms with van der Waals surface area (Å²) in [5.74, 6) is -0.0360. The maximum Gasteiger partial charge on any atom is 0.347 e. The molecule has 2 aliphatic heterocycles. The van der Waals surface area contributed by atoms with Crippen LogP contribution in [0.4, 0.5) is 0 Å². The van der Waals surface area contributed by atoms with Crippen LogP contribution in [-0.2, 0) is 0 Å². The number of carbonyl (C=O) groups is 1. The van der Waals surface area contributed by atoms with Gasteiger partial charge in [0.1, 0.15) is 0 Å². The number of aromatic nitrogens is 3. The van der Waals surface area contributed by atoms with Crippen LogP contribution in [-0.4, -0.2) is 62.5 Å². The van der Waals surface area contributed by atoms with Gasteiger partial charge < -0.3 is 4.90 Å². The van der Waals surface area contributed by atoms with Gasteiger partial charge in [-0.15, -0.1) is 0 Å². The zero-order chi connectivity index (χ0) is 14.4. The van der Waals surface area contributed by atoms with Crippen LogP contribution in [0.5, 0.6) is 0 Å². The summed E-state index contributed by atoms with van der Waals surface area (Å²) in [6.45, 7) is 3.60. The summed E-state index contributed by atoms with van der Waals surface area (Å²) in [5, 5.41) is 6.36. The van der Waals surface area contributed by atoms with Crippen LogP contribution in [0.15, 0.2) is 23.1 Å². The van der Waals surface area contributed by atoms with Crippen LogP contribution >= 0.6 is 0 Å². The highest BCUT2D eigenvalue weighted by atomic mass is 16.2. The Labute approximate surface area is 121 Å². The lowest BCUT2D eigenvalue weighted by atomic mass is 10.1. The van der Waals surface area contributed by atoms with Gasteiger partial charge in [0.2, 0.25) is 0 Å². The van der Waals surface area contributed by atoms with E-state index in [-0.39, 0.29) is 11.6 Å². The number of fused-ring (bicyclic) bond motifs is 2. The molecule has 2 aromatic heterocycles. The van der Waals surface area contributed by atoms with E-state index in [0.717, 1.165) is 32.6 Å². The first-order valence-electron chi connectivity index (χ1n) is 7.33. The van der Waals surface area contributed by atoms with Crippen LogP contribution in [0.2, 0.25) is 0 Å². The molecule has 1 atom stereocenters. The first-order chi connectivity index (χ1) is 10.2. The summed E-state index contributed by atoms with van der Waals surface area (Å²) in [6.07, 6.45) is 4.00. The first-order valence-corrected chi connectivity index (χ1v) is 7.33. The normalized spacial score (nSPS) is 22.7. The fraction of sp³-hybridized carbons (Fsp3) is 0.500. The lowest BCUT2D eigenvalue weighted by Crippen LogP contribution is -2.52. The number of pyridine rings is 1. The average Bonchev–Trinajstić information content (AvgIpc) is 3.12. The predicted molar refractivity (Wildman–Crippen MR) is 76.3 cm³/mol. The Morgan fingerprint density at radius 1 is 1.33 bits per heavy atom. The standard InChI is InChI=1S/C14H17N5O2/c20-13(18-8-7-17-5-1-3-10(17)9-18)11-4-2-6-19-12(11)15-16-14(19)21/h2,4,6,10H,1,3,5,7-9H2,(H,16,21). The molecule has 1 unspecified atom stereocenters. The summed E-state index contributed by atoms with van der Waals surface area (Å²) in [7, 11) is 0. The molecular formula is C14H17N5O2. The molecule has 7 nitrogen and oxygen atoms in total. The van der Waals surface area contributed by atoms with E-state index in [2.05, 4.69) is 15.1 Å². The van der Waals surface area contributed by atoms with E-state index in [9.17, 15) is 9.59 Å². The van der Waals surface area contributed by atoms with E-state index in [1.165, 1.54) is 10.8 Å². The first kappa shape index (κ1) is 12.6. The second kappa shape index (κ2) is 4.70. The number of aromatic amines is 1.